The molecule has 0 N–H and O–H groups in total. The molecule has 0 aromatic carbocycles. The second-order valence-corrected chi connectivity index (χ2v) is 8.69. The van der Waals surface area contributed by atoms with Crippen molar-refractivity contribution >= 4 is 12.0 Å². The van der Waals surface area contributed by atoms with Gasteiger partial charge in [0.25, 0.3) is 0 Å². The van der Waals surface area contributed by atoms with E-state index >= 15 is 0 Å². The van der Waals surface area contributed by atoms with Crippen LogP contribution in [-0.4, -0.2) is 22.5 Å². The van der Waals surface area contributed by atoms with Gasteiger partial charge in [0.1, 0.15) is 0 Å². The van der Waals surface area contributed by atoms with Crippen molar-refractivity contribution in [1.29, 1.82) is 0 Å². The van der Waals surface area contributed by atoms with Gasteiger partial charge in [0.15, 0.2) is 0 Å². The average Bonchev–Trinajstić information content (AvgIpc) is 2.67. The first-order valence-electron chi connectivity index (χ1n) is 10.9. The van der Waals surface area contributed by atoms with Gasteiger partial charge in [0.2, 0.25) is 5.82 Å². The molecule has 0 saturated carbocycles. The second-order valence-electron chi connectivity index (χ2n) is 8.69. The molecule has 1 aliphatic rings. The third-order valence-corrected chi connectivity index (χ3v) is 5.54. The number of carbonyl (C=O) groups excluding carboxylic acids is 1. The number of hydrogen-bond acceptors (Lipinski definition) is 4. The summed E-state index contributed by atoms with van der Waals surface area (Å²) in [6, 6.07) is 0. The molecule has 1 aromatic heterocycles. The van der Waals surface area contributed by atoms with E-state index in [9.17, 15) is 4.79 Å². The lowest BCUT2D eigenvalue weighted by Crippen LogP contribution is -2.19. The highest BCUT2D eigenvalue weighted by Gasteiger charge is 2.26. The average molecular weight is 397 g/mol. The molecular weight excluding hydrogens is 360 g/mol. The normalized spacial score (nSPS) is 17.1. The molecular formula is C25H36N2O2. The number of hydrogen-bond donors (Lipinski definition) is 0. The largest absolute Gasteiger partial charge is 0.460 e. The van der Waals surface area contributed by atoms with Crippen molar-refractivity contribution in [3.8, 4) is 0 Å². The van der Waals surface area contributed by atoms with Gasteiger partial charge in [-0.3, -0.25) is 0 Å². The van der Waals surface area contributed by atoms with Crippen molar-refractivity contribution in [3.63, 3.8) is 0 Å². The summed E-state index contributed by atoms with van der Waals surface area (Å²) in [4.78, 5) is 20.3. The standard InChI is InChI=1S/C25H36N2O2/c1-6-7-8-9-15-29-24(28)23-26-17-21(18-27-23)16-19(2)12-13-22-20(3)11-10-14-25(22,4)5/h12-13,16-18H,6-11,14-15H2,1-5H3/b13-12?,19-16+. The summed E-state index contributed by atoms with van der Waals surface area (Å²) in [5.41, 5.74) is 5.18. The van der Waals surface area contributed by atoms with Crippen LogP contribution in [0, 0.1) is 5.41 Å². The van der Waals surface area contributed by atoms with Gasteiger partial charge in [-0.15, -0.1) is 0 Å². The van der Waals surface area contributed by atoms with Gasteiger partial charge in [-0.1, -0.05) is 63.3 Å². The summed E-state index contributed by atoms with van der Waals surface area (Å²) >= 11 is 0. The molecule has 2 rings (SSSR count). The fourth-order valence-corrected chi connectivity index (χ4v) is 3.81. The smallest absolute Gasteiger partial charge is 0.376 e. The van der Waals surface area contributed by atoms with Gasteiger partial charge in [0.05, 0.1) is 6.61 Å². The number of aromatic nitrogens is 2. The zero-order valence-corrected chi connectivity index (χ0v) is 18.8. The van der Waals surface area contributed by atoms with Crippen LogP contribution in [0.5, 0.6) is 0 Å². The van der Waals surface area contributed by atoms with Crippen LogP contribution in [0.15, 0.2) is 41.3 Å². The van der Waals surface area contributed by atoms with Gasteiger partial charge < -0.3 is 4.74 Å². The molecule has 1 heterocycles. The first-order chi connectivity index (χ1) is 13.8. The summed E-state index contributed by atoms with van der Waals surface area (Å²) in [6.07, 6.45) is 17.8. The van der Waals surface area contributed by atoms with Gasteiger partial charge in [-0.2, -0.15) is 0 Å². The highest BCUT2D eigenvalue weighted by Crippen LogP contribution is 2.40. The lowest BCUT2D eigenvalue weighted by molar-refractivity contribution is 0.0483. The van der Waals surface area contributed by atoms with E-state index in [1.807, 2.05) is 6.08 Å². The molecule has 1 aliphatic carbocycles. The van der Waals surface area contributed by atoms with Crippen LogP contribution in [-0.2, 0) is 4.74 Å². The number of esters is 1. The van der Waals surface area contributed by atoms with Crippen molar-refractivity contribution in [3.05, 3.63) is 52.7 Å². The molecule has 29 heavy (non-hydrogen) atoms. The second kappa shape index (κ2) is 11.1. The van der Waals surface area contributed by atoms with Crippen molar-refractivity contribution in [2.75, 3.05) is 6.61 Å². The first kappa shape index (κ1) is 23.1. The maximum atomic E-state index is 12.0. The Morgan fingerprint density at radius 3 is 2.59 bits per heavy atom. The van der Waals surface area contributed by atoms with E-state index in [1.54, 1.807) is 12.4 Å². The van der Waals surface area contributed by atoms with Crippen LogP contribution >= 0.6 is 0 Å². The summed E-state index contributed by atoms with van der Waals surface area (Å²) in [5.74, 6) is -0.328. The Balaban J connectivity index is 1.95. The molecule has 1 aromatic rings. The molecule has 0 aliphatic heterocycles. The maximum Gasteiger partial charge on any atom is 0.376 e. The zero-order chi connectivity index (χ0) is 21.3. The van der Waals surface area contributed by atoms with Gasteiger partial charge in [-0.25, -0.2) is 14.8 Å². The molecule has 0 spiro atoms. The SMILES string of the molecule is CCCCCCOC(=O)c1ncc(/C=C(\C)C=CC2=C(C)CCCC2(C)C)cn1. The summed E-state index contributed by atoms with van der Waals surface area (Å²) in [6.45, 7) is 11.5. The number of carbonyl (C=O) groups is 1. The third-order valence-electron chi connectivity index (χ3n) is 5.54. The predicted molar refractivity (Wildman–Crippen MR) is 120 cm³/mol. The minimum absolute atomic E-state index is 0.121. The van der Waals surface area contributed by atoms with E-state index in [0.29, 0.717) is 6.61 Å². The van der Waals surface area contributed by atoms with E-state index in [4.69, 9.17) is 4.74 Å². The van der Waals surface area contributed by atoms with E-state index in [0.717, 1.165) is 36.8 Å². The van der Waals surface area contributed by atoms with Gasteiger partial charge in [0, 0.05) is 18.0 Å². The quantitative estimate of drug-likeness (QED) is 0.265. The van der Waals surface area contributed by atoms with Crippen LogP contribution in [0.2, 0.25) is 0 Å². The van der Waals surface area contributed by atoms with Crippen molar-refractivity contribution < 1.29 is 9.53 Å². The number of nitrogens with zero attached hydrogens (tertiary/aromatic N) is 2. The highest BCUT2D eigenvalue weighted by atomic mass is 16.5. The lowest BCUT2D eigenvalue weighted by atomic mass is 9.72. The molecule has 0 atom stereocenters. The molecule has 0 saturated heterocycles. The molecule has 0 unspecified atom stereocenters. The van der Waals surface area contributed by atoms with Crippen molar-refractivity contribution in [1.82, 2.24) is 9.97 Å². The summed E-state index contributed by atoms with van der Waals surface area (Å²) < 4.78 is 5.24. The van der Waals surface area contributed by atoms with Crippen LogP contribution in [0.25, 0.3) is 6.08 Å². The zero-order valence-electron chi connectivity index (χ0n) is 18.8. The maximum absolute atomic E-state index is 12.0. The van der Waals surface area contributed by atoms with Gasteiger partial charge in [-0.05, 0) is 56.6 Å². The number of allylic oxidation sites excluding steroid dienone is 5. The van der Waals surface area contributed by atoms with E-state index in [-0.39, 0.29) is 11.2 Å². The van der Waals surface area contributed by atoms with Crippen LogP contribution in [0.3, 0.4) is 0 Å². The van der Waals surface area contributed by atoms with Gasteiger partial charge >= 0.3 is 5.97 Å². The molecule has 4 heteroatoms. The monoisotopic (exact) mass is 396 g/mol. The van der Waals surface area contributed by atoms with Crippen LogP contribution in [0.1, 0.15) is 95.7 Å². The fourth-order valence-electron chi connectivity index (χ4n) is 3.81. The Labute approximate surface area is 176 Å². The number of unbranched alkanes of at least 4 members (excludes halogenated alkanes) is 3. The third kappa shape index (κ3) is 7.26. The molecule has 0 fully saturated rings. The Kier molecular flexibility index (Phi) is 8.81. The lowest BCUT2D eigenvalue weighted by Gasteiger charge is -2.32. The van der Waals surface area contributed by atoms with Crippen LogP contribution < -0.4 is 0 Å². The topological polar surface area (TPSA) is 52.1 Å². The number of rotatable bonds is 9. The number of ether oxygens (including phenoxy) is 1. The minimum atomic E-state index is -0.449. The Morgan fingerprint density at radius 2 is 1.93 bits per heavy atom. The van der Waals surface area contributed by atoms with E-state index < -0.39 is 5.97 Å². The van der Waals surface area contributed by atoms with Crippen molar-refractivity contribution in [2.45, 2.75) is 79.6 Å². The van der Waals surface area contributed by atoms with Crippen molar-refractivity contribution in [2.24, 2.45) is 5.41 Å². The molecule has 0 amide bonds. The Bertz CT molecular complexity index is 771. The first-order valence-corrected chi connectivity index (χ1v) is 10.9. The summed E-state index contributed by atoms with van der Waals surface area (Å²) in [5, 5.41) is 0. The van der Waals surface area contributed by atoms with E-state index in [1.165, 1.54) is 30.4 Å². The fraction of sp³-hybridized carbons (Fsp3) is 0.560. The molecule has 0 radical (unpaired) electrons. The van der Waals surface area contributed by atoms with E-state index in [2.05, 4.69) is 56.7 Å². The Morgan fingerprint density at radius 1 is 1.21 bits per heavy atom. The molecule has 0 bridgehead atoms. The molecule has 4 nitrogen and oxygen atoms in total. The minimum Gasteiger partial charge on any atom is -0.460 e. The molecule has 158 valence electrons. The van der Waals surface area contributed by atoms with Crippen LogP contribution in [0.4, 0.5) is 0 Å². The predicted octanol–water partition coefficient (Wildman–Crippen LogP) is 6.70. The summed E-state index contributed by atoms with van der Waals surface area (Å²) in [7, 11) is 0. The highest BCUT2D eigenvalue weighted by molar-refractivity contribution is 5.85. The Hall–Kier alpha value is -2.23.